The van der Waals surface area contributed by atoms with E-state index in [2.05, 4.69) is 84.6 Å². The highest BCUT2D eigenvalue weighted by Gasteiger charge is 2.53. The van der Waals surface area contributed by atoms with Gasteiger partial charge < -0.3 is 18.8 Å². The van der Waals surface area contributed by atoms with Crippen LogP contribution in [0.5, 0.6) is 0 Å². The number of piperazine rings is 2. The Morgan fingerprint density at radius 2 is 0.921 bits per heavy atom. The van der Waals surface area contributed by atoms with Crippen molar-refractivity contribution in [2.45, 2.75) is 75.8 Å². The summed E-state index contributed by atoms with van der Waals surface area (Å²) in [5.41, 5.74) is 2.76. The number of fused-ring (bicyclic) bond motifs is 4. The van der Waals surface area contributed by atoms with Crippen molar-refractivity contribution < 1.29 is 18.6 Å². The maximum absolute atomic E-state index is 13.3. The van der Waals surface area contributed by atoms with Gasteiger partial charge in [0.15, 0.2) is 0 Å². The lowest BCUT2D eigenvalue weighted by molar-refractivity contribution is -0.959. The summed E-state index contributed by atoms with van der Waals surface area (Å²) < 4.78 is 2.09. The molecule has 0 aromatic heterocycles. The molecule has 0 aliphatic carbocycles. The summed E-state index contributed by atoms with van der Waals surface area (Å²) in [6, 6.07) is 23.5. The molecular formula is C32H44N4O2+2. The lowest BCUT2D eigenvalue weighted by Gasteiger charge is -2.48. The van der Waals surface area contributed by atoms with Crippen LogP contribution in [-0.4, -0.2) is 95.0 Å². The number of carbonyl (C=O) groups excluding carboxylic acids is 2. The van der Waals surface area contributed by atoms with E-state index in [0.717, 1.165) is 48.2 Å². The molecule has 6 atom stereocenters. The highest BCUT2D eigenvalue weighted by atomic mass is 16.2. The van der Waals surface area contributed by atoms with Gasteiger partial charge in [-0.15, -0.1) is 0 Å². The van der Waals surface area contributed by atoms with E-state index in [-0.39, 0.29) is 11.8 Å². The Kier molecular flexibility index (Phi) is 6.81. The fourth-order valence-electron chi connectivity index (χ4n) is 8.23. The van der Waals surface area contributed by atoms with Gasteiger partial charge in [-0.3, -0.25) is 9.59 Å². The molecule has 6 nitrogen and oxygen atoms in total. The Morgan fingerprint density at radius 3 is 1.24 bits per heavy atom. The van der Waals surface area contributed by atoms with Crippen LogP contribution >= 0.6 is 0 Å². The second kappa shape index (κ2) is 10.1. The highest BCUT2D eigenvalue weighted by molar-refractivity contribution is 5.84. The van der Waals surface area contributed by atoms with E-state index >= 15 is 0 Å². The van der Waals surface area contributed by atoms with Crippen LogP contribution in [0.25, 0.3) is 0 Å². The summed E-state index contributed by atoms with van der Waals surface area (Å²) in [7, 11) is 4.77. The summed E-state index contributed by atoms with van der Waals surface area (Å²) in [5.74, 6) is 0.344. The summed E-state index contributed by atoms with van der Waals surface area (Å²) >= 11 is 0. The molecule has 4 fully saturated rings. The van der Waals surface area contributed by atoms with Crippen LogP contribution in [0.3, 0.4) is 0 Å². The van der Waals surface area contributed by atoms with Gasteiger partial charge in [0.05, 0.1) is 40.3 Å². The molecule has 6 heteroatoms. The maximum Gasteiger partial charge on any atom is 0.223 e. The van der Waals surface area contributed by atoms with Gasteiger partial charge in [-0.1, -0.05) is 60.7 Å². The first kappa shape index (κ1) is 25.6. The molecule has 0 spiro atoms. The van der Waals surface area contributed by atoms with E-state index in [1.54, 1.807) is 0 Å². The molecule has 2 aromatic carbocycles. The number of nitrogens with zero attached hydrogens (tertiary/aromatic N) is 4. The van der Waals surface area contributed by atoms with Gasteiger partial charge >= 0.3 is 0 Å². The molecule has 6 rings (SSSR count). The van der Waals surface area contributed by atoms with E-state index in [4.69, 9.17) is 0 Å². The number of hydrogen-bond acceptors (Lipinski definition) is 2. The lowest BCUT2D eigenvalue weighted by Crippen LogP contribution is -2.65. The van der Waals surface area contributed by atoms with Gasteiger partial charge in [0, 0.05) is 49.7 Å². The molecule has 4 aliphatic heterocycles. The summed E-state index contributed by atoms with van der Waals surface area (Å²) in [6.07, 6.45) is 5.45. The average molecular weight is 517 g/mol. The molecule has 4 bridgehead atoms. The van der Waals surface area contributed by atoms with E-state index in [1.807, 2.05) is 0 Å². The predicted octanol–water partition coefficient (Wildman–Crippen LogP) is 3.81. The summed E-state index contributed by atoms with van der Waals surface area (Å²) in [6.45, 7) is 5.39. The minimum Gasteiger partial charge on any atom is -0.331 e. The van der Waals surface area contributed by atoms with E-state index < -0.39 is 0 Å². The lowest BCUT2D eigenvalue weighted by atomic mass is 10.1. The monoisotopic (exact) mass is 516 g/mol. The fraction of sp³-hybridized carbons (Fsp3) is 0.562. The first-order valence-electron chi connectivity index (χ1n) is 14.7. The zero-order valence-electron chi connectivity index (χ0n) is 23.2. The third kappa shape index (κ3) is 4.66. The molecule has 0 N–H and O–H groups in total. The number of likely N-dealkylation sites (N-methyl/N-ethyl adjacent to an activating group) is 2. The quantitative estimate of drug-likeness (QED) is 0.525. The summed E-state index contributed by atoms with van der Waals surface area (Å²) in [5, 5.41) is 0. The van der Waals surface area contributed by atoms with Crippen molar-refractivity contribution in [3.05, 3.63) is 71.8 Å². The average Bonchev–Trinajstić information content (AvgIpc) is 3.18. The SMILES string of the molecule is C[N+]1(Cc2ccccc2)[C@@H]2CC[C@H]1CN(C(=O)CCC(=O)N1C[C@H]3CC[C@@H](C1)[N+]3(C)Cc1ccccc1)C2. The number of hydrogen-bond donors (Lipinski definition) is 0. The smallest absolute Gasteiger partial charge is 0.223 e. The van der Waals surface area contributed by atoms with Gasteiger partial charge in [0.2, 0.25) is 11.8 Å². The van der Waals surface area contributed by atoms with Crippen molar-refractivity contribution in [1.82, 2.24) is 9.80 Å². The number of quaternary nitrogens is 2. The molecule has 2 amide bonds. The zero-order chi connectivity index (χ0) is 26.3. The van der Waals surface area contributed by atoms with Crippen molar-refractivity contribution in [2.24, 2.45) is 0 Å². The minimum absolute atomic E-state index is 0.172. The second-order valence-electron chi connectivity index (χ2n) is 12.8. The summed E-state index contributed by atoms with van der Waals surface area (Å²) in [4.78, 5) is 30.7. The Balaban J connectivity index is 1.02. The molecule has 4 heterocycles. The molecule has 38 heavy (non-hydrogen) atoms. The van der Waals surface area contributed by atoms with Crippen LogP contribution in [0.4, 0.5) is 0 Å². The van der Waals surface area contributed by atoms with E-state index in [9.17, 15) is 9.59 Å². The van der Waals surface area contributed by atoms with Crippen molar-refractivity contribution in [3.63, 3.8) is 0 Å². The Bertz CT molecular complexity index is 1030. The standard InChI is InChI=1S/C32H44N4O2/c1-35(23-25-9-5-3-6-10-25)27-13-14-28(35)20-33(19-27)31(37)17-18-32(38)34-21-29-15-16-30(22-34)36(29,2)24-26-11-7-4-8-12-26/h3-12,27-30H,13-24H2,1-2H3/q+2/t27-,28+,29-,30+,35?,36?. The van der Waals surface area contributed by atoms with Crippen LogP contribution in [-0.2, 0) is 22.7 Å². The predicted molar refractivity (Wildman–Crippen MR) is 149 cm³/mol. The first-order chi connectivity index (χ1) is 18.3. The Hall–Kier alpha value is -2.70. The fourth-order valence-corrected chi connectivity index (χ4v) is 8.23. The number of carbonyl (C=O) groups is 2. The van der Waals surface area contributed by atoms with Gasteiger partial charge in [-0.2, -0.15) is 0 Å². The van der Waals surface area contributed by atoms with Crippen molar-refractivity contribution in [1.29, 1.82) is 0 Å². The van der Waals surface area contributed by atoms with E-state index in [0.29, 0.717) is 37.0 Å². The topological polar surface area (TPSA) is 40.6 Å². The van der Waals surface area contributed by atoms with Crippen molar-refractivity contribution in [2.75, 3.05) is 40.3 Å². The first-order valence-corrected chi connectivity index (χ1v) is 14.7. The van der Waals surface area contributed by atoms with Crippen molar-refractivity contribution >= 4 is 11.8 Å². The van der Waals surface area contributed by atoms with Crippen LogP contribution < -0.4 is 0 Å². The number of likely N-dealkylation sites (tertiary alicyclic amines) is 2. The minimum atomic E-state index is 0.172. The molecule has 0 saturated carbocycles. The molecule has 4 aliphatic rings. The Morgan fingerprint density at radius 1 is 0.605 bits per heavy atom. The van der Waals surface area contributed by atoms with Gasteiger partial charge in [0.25, 0.3) is 0 Å². The van der Waals surface area contributed by atoms with Gasteiger partial charge in [-0.05, 0) is 0 Å². The third-order valence-electron chi connectivity index (χ3n) is 10.7. The number of benzene rings is 2. The Labute approximate surface area is 228 Å². The molecule has 4 saturated heterocycles. The molecule has 202 valence electrons. The zero-order valence-corrected chi connectivity index (χ0v) is 23.2. The molecule has 2 unspecified atom stereocenters. The van der Waals surface area contributed by atoms with Gasteiger partial charge in [-0.25, -0.2) is 0 Å². The van der Waals surface area contributed by atoms with E-state index in [1.165, 1.54) is 36.8 Å². The van der Waals surface area contributed by atoms with Crippen molar-refractivity contribution in [3.8, 4) is 0 Å². The third-order valence-corrected chi connectivity index (χ3v) is 10.7. The highest BCUT2D eigenvalue weighted by Crippen LogP contribution is 2.39. The van der Waals surface area contributed by atoms with Crippen LogP contribution in [0.2, 0.25) is 0 Å². The normalized spacial score (nSPS) is 33.9. The molecule has 2 aromatic rings. The maximum atomic E-state index is 13.3. The second-order valence-corrected chi connectivity index (χ2v) is 12.8. The molecular weight excluding hydrogens is 472 g/mol. The van der Waals surface area contributed by atoms with Crippen LogP contribution in [0, 0.1) is 0 Å². The number of rotatable bonds is 7. The largest absolute Gasteiger partial charge is 0.331 e. The van der Waals surface area contributed by atoms with Gasteiger partial charge in [0.1, 0.15) is 37.3 Å². The number of amides is 2. The molecule has 0 radical (unpaired) electrons. The van der Waals surface area contributed by atoms with Crippen LogP contribution in [0.1, 0.15) is 49.7 Å². The van der Waals surface area contributed by atoms with Crippen LogP contribution in [0.15, 0.2) is 60.7 Å².